The fourth-order valence-corrected chi connectivity index (χ4v) is 4.02. The normalized spacial score (nSPS) is 19.0. The highest BCUT2D eigenvalue weighted by molar-refractivity contribution is 8.00. The van der Waals surface area contributed by atoms with Gasteiger partial charge in [-0.2, -0.15) is 0 Å². The molecule has 3 rings (SSSR count). The molecule has 0 saturated heterocycles. The lowest BCUT2D eigenvalue weighted by atomic mass is 9.99. The lowest BCUT2D eigenvalue weighted by Crippen LogP contribution is -2.21. The maximum atomic E-state index is 12.0. The zero-order chi connectivity index (χ0) is 14.8. The summed E-state index contributed by atoms with van der Waals surface area (Å²) in [5.74, 6) is 0.376. The van der Waals surface area contributed by atoms with Crippen LogP contribution in [0.1, 0.15) is 36.8 Å². The van der Waals surface area contributed by atoms with Crippen molar-refractivity contribution in [1.82, 2.24) is 9.55 Å². The van der Waals surface area contributed by atoms with Crippen molar-refractivity contribution >= 4 is 17.5 Å². The summed E-state index contributed by atoms with van der Waals surface area (Å²) in [6.45, 7) is 4.21. The Hall–Kier alpha value is -1.55. The lowest BCUT2D eigenvalue weighted by molar-refractivity contribution is -0.119. The molecule has 0 radical (unpaired) electrons. The van der Waals surface area contributed by atoms with Crippen LogP contribution in [-0.4, -0.2) is 20.6 Å². The molecule has 0 aliphatic heterocycles. The molecule has 1 fully saturated rings. The van der Waals surface area contributed by atoms with Crippen molar-refractivity contribution in [2.24, 2.45) is 0 Å². The number of Topliss-reactive ketones (excluding diaryl/α,β-unsaturated/α-hetero) is 1. The predicted octanol–water partition coefficient (Wildman–Crippen LogP) is 4.09. The molecule has 0 amide bonds. The Kier molecular flexibility index (Phi) is 4.15. The molecular weight excluding hydrogens is 280 g/mol. The summed E-state index contributed by atoms with van der Waals surface area (Å²) in [6.07, 6.45) is 7.68. The second kappa shape index (κ2) is 6.06. The Labute approximate surface area is 129 Å². The molecule has 1 unspecified atom stereocenters. The molecule has 1 atom stereocenters. The van der Waals surface area contributed by atoms with Gasteiger partial charge in [-0.25, -0.2) is 4.98 Å². The van der Waals surface area contributed by atoms with Crippen molar-refractivity contribution < 1.29 is 4.79 Å². The largest absolute Gasteiger partial charge is 0.298 e. The summed E-state index contributed by atoms with van der Waals surface area (Å²) >= 11 is 1.62. The number of aromatic nitrogens is 2. The topological polar surface area (TPSA) is 34.9 Å². The van der Waals surface area contributed by atoms with Crippen molar-refractivity contribution in [3.05, 3.63) is 41.7 Å². The van der Waals surface area contributed by atoms with Gasteiger partial charge in [0.2, 0.25) is 0 Å². The number of rotatable bonds is 3. The number of hydrogen-bond donors (Lipinski definition) is 0. The molecule has 1 aliphatic carbocycles. The highest BCUT2D eigenvalue weighted by Crippen LogP contribution is 2.32. The summed E-state index contributed by atoms with van der Waals surface area (Å²) in [5, 5.41) is 0.993. The van der Waals surface area contributed by atoms with E-state index in [2.05, 4.69) is 41.6 Å². The van der Waals surface area contributed by atoms with Gasteiger partial charge in [0.1, 0.15) is 5.78 Å². The minimum Gasteiger partial charge on any atom is -0.298 e. The number of nitrogens with zero attached hydrogens (tertiary/aromatic N) is 2. The number of thioether (sulfide) groups is 1. The Morgan fingerprint density at radius 3 is 2.90 bits per heavy atom. The standard InChI is InChI=1S/C17H20N2OS/c1-12-7-8-14(13(2)11-12)19-10-9-18-17(19)21-16-6-4-3-5-15(16)20/h7-11,16H,3-6H2,1-2H3. The fourth-order valence-electron chi connectivity index (χ4n) is 2.84. The van der Waals surface area contributed by atoms with Crippen LogP contribution < -0.4 is 0 Å². The summed E-state index contributed by atoms with van der Waals surface area (Å²) in [7, 11) is 0. The first-order valence-electron chi connectivity index (χ1n) is 7.45. The molecule has 0 spiro atoms. The number of hydrogen-bond acceptors (Lipinski definition) is 3. The van der Waals surface area contributed by atoms with Crippen LogP contribution in [0.5, 0.6) is 0 Å². The molecule has 0 N–H and O–H groups in total. The van der Waals surface area contributed by atoms with Crippen LogP contribution in [0.25, 0.3) is 5.69 Å². The molecular formula is C17H20N2OS. The van der Waals surface area contributed by atoms with Crippen molar-refractivity contribution in [1.29, 1.82) is 0 Å². The van der Waals surface area contributed by atoms with E-state index in [4.69, 9.17) is 0 Å². The second-order valence-electron chi connectivity index (χ2n) is 5.69. The molecule has 21 heavy (non-hydrogen) atoms. The number of imidazole rings is 1. The molecule has 110 valence electrons. The van der Waals surface area contributed by atoms with Gasteiger partial charge in [-0.15, -0.1) is 0 Å². The Balaban J connectivity index is 1.88. The summed E-state index contributed by atoms with van der Waals surface area (Å²) < 4.78 is 2.10. The van der Waals surface area contributed by atoms with E-state index in [9.17, 15) is 4.79 Å². The first kappa shape index (κ1) is 14.4. The van der Waals surface area contributed by atoms with E-state index in [1.54, 1.807) is 11.8 Å². The van der Waals surface area contributed by atoms with Crippen molar-refractivity contribution in [2.45, 2.75) is 49.9 Å². The molecule has 0 bridgehead atoms. The molecule has 3 nitrogen and oxygen atoms in total. The Morgan fingerprint density at radius 1 is 1.29 bits per heavy atom. The van der Waals surface area contributed by atoms with E-state index in [0.717, 1.165) is 36.5 Å². The maximum Gasteiger partial charge on any atom is 0.173 e. The molecule has 2 aromatic rings. The molecule has 1 heterocycles. The highest BCUT2D eigenvalue weighted by Gasteiger charge is 2.25. The van der Waals surface area contributed by atoms with E-state index in [1.807, 2.05) is 12.4 Å². The smallest absolute Gasteiger partial charge is 0.173 e. The molecule has 1 aromatic carbocycles. The first-order chi connectivity index (χ1) is 10.1. The highest BCUT2D eigenvalue weighted by atomic mass is 32.2. The van der Waals surface area contributed by atoms with Crippen LogP contribution in [0.2, 0.25) is 0 Å². The Morgan fingerprint density at radius 2 is 2.14 bits per heavy atom. The quantitative estimate of drug-likeness (QED) is 0.856. The van der Waals surface area contributed by atoms with Gasteiger partial charge in [-0.1, -0.05) is 35.9 Å². The molecule has 1 aromatic heterocycles. The summed E-state index contributed by atoms with van der Waals surface area (Å²) in [5.41, 5.74) is 3.63. The minimum atomic E-state index is 0.0747. The van der Waals surface area contributed by atoms with E-state index in [-0.39, 0.29) is 5.25 Å². The van der Waals surface area contributed by atoms with E-state index in [0.29, 0.717) is 5.78 Å². The average Bonchev–Trinajstić information content (AvgIpc) is 2.89. The van der Waals surface area contributed by atoms with E-state index in [1.165, 1.54) is 11.1 Å². The van der Waals surface area contributed by atoms with Crippen molar-refractivity contribution in [3.63, 3.8) is 0 Å². The number of benzene rings is 1. The van der Waals surface area contributed by atoms with Crippen LogP contribution in [0.3, 0.4) is 0 Å². The molecule has 1 aliphatic rings. The van der Waals surface area contributed by atoms with Crippen molar-refractivity contribution in [2.75, 3.05) is 0 Å². The van der Waals surface area contributed by atoms with Crippen LogP contribution in [0, 0.1) is 13.8 Å². The Bertz CT molecular complexity index is 663. The van der Waals surface area contributed by atoms with Gasteiger partial charge < -0.3 is 0 Å². The third-order valence-corrected chi connectivity index (χ3v) is 5.26. The molecule has 4 heteroatoms. The zero-order valence-corrected chi connectivity index (χ0v) is 13.3. The van der Waals surface area contributed by atoms with Gasteiger partial charge in [0.25, 0.3) is 0 Å². The molecule has 1 saturated carbocycles. The maximum absolute atomic E-state index is 12.0. The number of carbonyl (C=O) groups is 1. The number of ketones is 1. The van der Waals surface area contributed by atoms with Crippen LogP contribution >= 0.6 is 11.8 Å². The SMILES string of the molecule is Cc1ccc(-n2ccnc2SC2CCCCC2=O)c(C)c1. The van der Waals surface area contributed by atoms with E-state index < -0.39 is 0 Å². The van der Waals surface area contributed by atoms with Gasteiger partial charge in [0.15, 0.2) is 5.16 Å². The predicted molar refractivity (Wildman–Crippen MR) is 86.2 cm³/mol. The monoisotopic (exact) mass is 300 g/mol. The van der Waals surface area contributed by atoms with Crippen LogP contribution in [0.4, 0.5) is 0 Å². The summed E-state index contributed by atoms with van der Waals surface area (Å²) in [6, 6.07) is 6.41. The third kappa shape index (κ3) is 3.05. The zero-order valence-electron chi connectivity index (χ0n) is 12.5. The minimum absolute atomic E-state index is 0.0747. The van der Waals surface area contributed by atoms with Gasteiger partial charge >= 0.3 is 0 Å². The number of aryl methyl sites for hydroxylation is 2. The van der Waals surface area contributed by atoms with Gasteiger partial charge in [0, 0.05) is 18.8 Å². The summed E-state index contributed by atoms with van der Waals surface area (Å²) in [4.78, 5) is 16.5. The van der Waals surface area contributed by atoms with Gasteiger partial charge in [-0.3, -0.25) is 9.36 Å². The van der Waals surface area contributed by atoms with Crippen molar-refractivity contribution in [3.8, 4) is 5.69 Å². The van der Waals surface area contributed by atoms with Gasteiger partial charge in [-0.05, 0) is 38.3 Å². The number of carbonyl (C=O) groups excluding carboxylic acids is 1. The average molecular weight is 300 g/mol. The first-order valence-corrected chi connectivity index (χ1v) is 8.33. The lowest BCUT2D eigenvalue weighted by Gasteiger charge is -2.20. The van der Waals surface area contributed by atoms with Crippen LogP contribution in [0.15, 0.2) is 35.7 Å². The van der Waals surface area contributed by atoms with E-state index >= 15 is 0 Å². The second-order valence-corrected chi connectivity index (χ2v) is 6.86. The third-order valence-electron chi connectivity index (χ3n) is 3.96. The van der Waals surface area contributed by atoms with Crippen LogP contribution in [-0.2, 0) is 4.79 Å². The van der Waals surface area contributed by atoms with Gasteiger partial charge in [0.05, 0.1) is 10.9 Å². The fraction of sp³-hybridized carbons (Fsp3) is 0.412.